The molecule has 5 heteroatoms. The Balaban J connectivity index is 0.00000256. The number of nitrogens with one attached hydrogen (secondary N) is 2. The Morgan fingerprint density at radius 1 is 1.53 bits per heavy atom. The predicted octanol–water partition coefficient (Wildman–Crippen LogP) is 1.01. The normalized spacial score (nSPS) is 19.5. The highest BCUT2D eigenvalue weighted by atomic mass is 35.5. The molecule has 17 heavy (non-hydrogen) atoms. The summed E-state index contributed by atoms with van der Waals surface area (Å²) < 4.78 is 0. The molecule has 1 atom stereocenters. The minimum Gasteiger partial charge on any atom is -0.353 e. The summed E-state index contributed by atoms with van der Waals surface area (Å²) in [5, 5.41) is 6.31. The van der Waals surface area contributed by atoms with Gasteiger partial charge in [-0.05, 0) is 39.8 Å². The number of carbonyl (C=O) groups is 1. The molecule has 1 unspecified atom stereocenters. The van der Waals surface area contributed by atoms with Crippen LogP contribution >= 0.6 is 12.4 Å². The van der Waals surface area contributed by atoms with Gasteiger partial charge >= 0.3 is 0 Å². The summed E-state index contributed by atoms with van der Waals surface area (Å²) in [6, 6.07) is 0.774. The first-order chi connectivity index (χ1) is 7.63. The van der Waals surface area contributed by atoms with Crippen LogP contribution in [0, 0.1) is 0 Å². The van der Waals surface area contributed by atoms with E-state index in [0.29, 0.717) is 12.6 Å². The van der Waals surface area contributed by atoms with Gasteiger partial charge in [-0.15, -0.1) is 12.4 Å². The number of hydrogen-bond donors (Lipinski definition) is 2. The molecule has 1 aliphatic rings. The third-order valence-electron chi connectivity index (χ3n) is 2.86. The van der Waals surface area contributed by atoms with E-state index in [2.05, 4.69) is 22.5 Å². The van der Waals surface area contributed by atoms with Crippen LogP contribution in [-0.2, 0) is 4.79 Å². The van der Waals surface area contributed by atoms with Crippen LogP contribution in [0.15, 0.2) is 0 Å². The van der Waals surface area contributed by atoms with Crippen molar-refractivity contribution >= 4 is 18.3 Å². The summed E-state index contributed by atoms with van der Waals surface area (Å²) in [4.78, 5) is 14.0. The van der Waals surface area contributed by atoms with Gasteiger partial charge in [0, 0.05) is 18.6 Å². The second kappa shape index (κ2) is 8.72. The molecule has 0 aliphatic carbocycles. The van der Waals surface area contributed by atoms with Gasteiger partial charge in [-0.25, -0.2) is 0 Å². The molecule has 4 nitrogen and oxygen atoms in total. The molecule has 1 heterocycles. The zero-order chi connectivity index (χ0) is 12.0. The van der Waals surface area contributed by atoms with Crippen molar-refractivity contribution in [1.29, 1.82) is 0 Å². The molecule has 0 aromatic carbocycles. The molecule has 0 aromatic heterocycles. The van der Waals surface area contributed by atoms with Gasteiger partial charge in [0.2, 0.25) is 5.91 Å². The first-order valence-corrected chi connectivity index (χ1v) is 6.37. The van der Waals surface area contributed by atoms with Gasteiger partial charge in [-0.3, -0.25) is 9.69 Å². The third-order valence-corrected chi connectivity index (χ3v) is 2.86. The van der Waals surface area contributed by atoms with E-state index in [9.17, 15) is 4.79 Å². The van der Waals surface area contributed by atoms with Crippen molar-refractivity contribution in [3.8, 4) is 0 Å². The number of carbonyl (C=O) groups excluding carboxylic acids is 1. The zero-order valence-corrected chi connectivity index (χ0v) is 12.0. The maximum atomic E-state index is 11.7. The average Bonchev–Trinajstić information content (AvgIpc) is 2.68. The number of halogens is 1. The van der Waals surface area contributed by atoms with Crippen molar-refractivity contribution in [2.24, 2.45) is 0 Å². The van der Waals surface area contributed by atoms with Gasteiger partial charge in [0.15, 0.2) is 0 Å². The largest absolute Gasteiger partial charge is 0.353 e. The van der Waals surface area contributed by atoms with Crippen molar-refractivity contribution < 1.29 is 4.79 Å². The zero-order valence-electron chi connectivity index (χ0n) is 11.2. The lowest BCUT2D eigenvalue weighted by Crippen LogP contribution is -2.45. The molecule has 1 saturated heterocycles. The lowest BCUT2D eigenvalue weighted by atomic mass is 10.2. The fourth-order valence-electron chi connectivity index (χ4n) is 2.18. The molecule has 1 aliphatic heterocycles. The van der Waals surface area contributed by atoms with Crippen LogP contribution in [0.25, 0.3) is 0 Å². The molecule has 0 bridgehead atoms. The van der Waals surface area contributed by atoms with Gasteiger partial charge in [-0.2, -0.15) is 0 Å². The van der Waals surface area contributed by atoms with Crippen molar-refractivity contribution in [3.63, 3.8) is 0 Å². The van der Waals surface area contributed by atoms with Gasteiger partial charge in [0.1, 0.15) is 0 Å². The van der Waals surface area contributed by atoms with Gasteiger partial charge in [-0.1, -0.05) is 6.92 Å². The number of rotatable bonds is 6. The summed E-state index contributed by atoms with van der Waals surface area (Å²) >= 11 is 0. The fraction of sp³-hybridized carbons (Fsp3) is 0.917. The molecule has 1 amide bonds. The summed E-state index contributed by atoms with van der Waals surface area (Å²) in [5.74, 6) is 0.148. The van der Waals surface area contributed by atoms with Crippen LogP contribution < -0.4 is 10.6 Å². The third kappa shape index (κ3) is 6.24. The highest BCUT2D eigenvalue weighted by Crippen LogP contribution is 2.08. The van der Waals surface area contributed by atoms with Crippen molar-refractivity contribution in [2.45, 2.75) is 45.7 Å². The molecule has 1 fully saturated rings. The predicted molar refractivity (Wildman–Crippen MR) is 73.7 cm³/mol. The second-order valence-corrected chi connectivity index (χ2v) is 4.84. The first-order valence-electron chi connectivity index (χ1n) is 6.37. The maximum absolute atomic E-state index is 11.7. The van der Waals surface area contributed by atoms with Crippen LogP contribution in [-0.4, -0.2) is 49.1 Å². The van der Waals surface area contributed by atoms with Crippen LogP contribution in [0.5, 0.6) is 0 Å². The SMILES string of the molecule is CCCN(CC(=O)NC(C)C)C1CCNC1.Cl. The first kappa shape index (κ1) is 16.7. The van der Waals surface area contributed by atoms with Crippen LogP contribution in [0.2, 0.25) is 0 Å². The molecule has 0 saturated carbocycles. The summed E-state index contributed by atoms with van der Waals surface area (Å²) in [5.41, 5.74) is 0. The maximum Gasteiger partial charge on any atom is 0.234 e. The van der Waals surface area contributed by atoms with Crippen LogP contribution in [0.4, 0.5) is 0 Å². The van der Waals surface area contributed by atoms with E-state index >= 15 is 0 Å². The second-order valence-electron chi connectivity index (χ2n) is 4.84. The molecule has 102 valence electrons. The molecule has 2 N–H and O–H groups in total. The van der Waals surface area contributed by atoms with E-state index in [4.69, 9.17) is 0 Å². The lowest BCUT2D eigenvalue weighted by molar-refractivity contribution is -0.123. The van der Waals surface area contributed by atoms with E-state index in [0.717, 1.165) is 32.5 Å². The van der Waals surface area contributed by atoms with Crippen LogP contribution in [0.1, 0.15) is 33.6 Å². The Morgan fingerprint density at radius 3 is 2.71 bits per heavy atom. The highest BCUT2D eigenvalue weighted by molar-refractivity contribution is 5.85. The number of nitrogens with zero attached hydrogens (tertiary/aromatic N) is 1. The lowest BCUT2D eigenvalue weighted by Gasteiger charge is -2.27. The van der Waals surface area contributed by atoms with Gasteiger partial charge in [0.25, 0.3) is 0 Å². The number of hydrogen-bond acceptors (Lipinski definition) is 3. The standard InChI is InChI=1S/C12H25N3O.ClH/c1-4-7-15(11-5-6-13-8-11)9-12(16)14-10(2)3;/h10-11,13H,4-9H2,1-3H3,(H,14,16);1H. The molecular weight excluding hydrogens is 238 g/mol. The highest BCUT2D eigenvalue weighted by Gasteiger charge is 2.23. The summed E-state index contributed by atoms with van der Waals surface area (Å²) in [6.45, 7) is 9.82. The van der Waals surface area contributed by atoms with Crippen LogP contribution in [0.3, 0.4) is 0 Å². The Morgan fingerprint density at radius 2 is 2.24 bits per heavy atom. The molecule has 0 spiro atoms. The molecule has 0 radical (unpaired) electrons. The minimum atomic E-state index is 0. The van der Waals surface area contributed by atoms with E-state index in [1.807, 2.05) is 13.8 Å². The van der Waals surface area contributed by atoms with Gasteiger partial charge in [0.05, 0.1) is 6.54 Å². The quantitative estimate of drug-likeness (QED) is 0.752. The van der Waals surface area contributed by atoms with E-state index in [1.165, 1.54) is 0 Å². The van der Waals surface area contributed by atoms with E-state index < -0.39 is 0 Å². The van der Waals surface area contributed by atoms with Crippen molar-refractivity contribution in [3.05, 3.63) is 0 Å². The topological polar surface area (TPSA) is 44.4 Å². The van der Waals surface area contributed by atoms with Crippen molar-refractivity contribution in [2.75, 3.05) is 26.2 Å². The molecule has 1 rings (SSSR count). The molecular formula is C12H26ClN3O. The Kier molecular flexibility index (Phi) is 8.56. The smallest absolute Gasteiger partial charge is 0.234 e. The Hall–Kier alpha value is -0.320. The van der Waals surface area contributed by atoms with Crippen molar-refractivity contribution in [1.82, 2.24) is 15.5 Å². The molecule has 0 aromatic rings. The summed E-state index contributed by atoms with van der Waals surface area (Å²) in [7, 11) is 0. The summed E-state index contributed by atoms with van der Waals surface area (Å²) in [6.07, 6.45) is 2.26. The fourth-order valence-corrected chi connectivity index (χ4v) is 2.18. The number of amides is 1. The Bertz CT molecular complexity index is 218. The minimum absolute atomic E-state index is 0. The van der Waals surface area contributed by atoms with E-state index in [-0.39, 0.29) is 24.4 Å². The Labute approximate surface area is 111 Å². The van der Waals surface area contributed by atoms with E-state index in [1.54, 1.807) is 0 Å². The van der Waals surface area contributed by atoms with Gasteiger partial charge < -0.3 is 10.6 Å². The monoisotopic (exact) mass is 263 g/mol. The average molecular weight is 264 g/mol.